The van der Waals surface area contributed by atoms with Crippen LogP contribution in [-0.4, -0.2) is 29.0 Å². The molecule has 1 N–H and O–H groups in total. The summed E-state index contributed by atoms with van der Waals surface area (Å²) in [6.45, 7) is 0. The lowest BCUT2D eigenvalue weighted by atomic mass is 10.2. The molecule has 0 saturated heterocycles. The Labute approximate surface area is 130 Å². The van der Waals surface area contributed by atoms with Gasteiger partial charge in [-0.05, 0) is 34.7 Å². The first-order valence-electron chi connectivity index (χ1n) is 5.78. The van der Waals surface area contributed by atoms with E-state index in [4.69, 9.17) is 4.74 Å². The predicted molar refractivity (Wildman–Crippen MR) is 84.0 cm³/mol. The molecule has 0 aliphatic carbocycles. The Morgan fingerprint density at radius 3 is 2.90 bits per heavy atom. The third-order valence-corrected chi connectivity index (χ3v) is 3.12. The van der Waals surface area contributed by atoms with Crippen molar-refractivity contribution in [1.29, 1.82) is 0 Å². The zero-order valence-corrected chi connectivity index (χ0v) is 13.2. The van der Waals surface area contributed by atoms with Crippen LogP contribution in [0.5, 0.6) is 5.75 Å². The molecule has 0 aliphatic rings. The largest absolute Gasteiger partial charge is 0.496 e. The van der Waals surface area contributed by atoms with E-state index in [1.165, 1.54) is 10.9 Å². The van der Waals surface area contributed by atoms with Gasteiger partial charge in [0.25, 0.3) is 5.91 Å². The minimum Gasteiger partial charge on any atom is -0.496 e. The van der Waals surface area contributed by atoms with Crippen molar-refractivity contribution in [1.82, 2.24) is 15.2 Å². The van der Waals surface area contributed by atoms with Crippen molar-refractivity contribution in [2.45, 2.75) is 0 Å². The van der Waals surface area contributed by atoms with Gasteiger partial charge in [0.1, 0.15) is 15.1 Å². The molecule has 0 radical (unpaired) electrons. The van der Waals surface area contributed by atoms with Crippen molar-refractivity contribution in [3.63, 3.8) is 0 Å². The highest BCUT2D eigenvalue weighted by Gasteiger charge is 2.11. The number of carbonyl (C=O) groups is 1. The molecule has 0 bridgehead atoms. The lowest BCUT2D eigenvalue weighted by Gasteiger charge is -2.03. The van der Waals surface area contributed by atoms with Crippen molar-refractivity contribution in [3.05, 3.63) is 45.3 Å². The van der Waals surface area contributed by atoms with Crippen LogP contribution in [0.25, 0.3) is 0 Å². The van der Waals surface area contributed by atoms with Gasteiger partial charge in [-0.25, -0.2) is 5.43 Å². The number of amides is 1. The molecule has 20 heavy (non-hydrogen) atoms. The molecule has 2 aromatic rings. The molecule has 1 aromatic carbocycles. The Hall–Kier alpha value is -1.90. The van der Waals surface area contributed by atoms with Gasteiger partial charge in [-0.1, -0.05) is 12.1 Å². The number of nitrogens with zero attached hydrogens (tertiary/aromatic N) is 3. The predicted octanol–water partition coefficient (Wildman–Crippen LogP) is 1.80. The summed E-state index contributed by atoms with van der Waals surface area (Å²) >= 11 is 2.05. The highest BCUT2D eigenvalue weighted by Crippen LogP contribution is 2.14. The minimum atomic E-state index is -0.311. The van der Waals surface area contributed by atoms with Crippen LogP contribution in [0.1, 0.15) is 16.1 Å². The van der Waals surface area contributed by atoms with Crippen LogP contribution < -0.4 is 10.2 Å². The number of halogens is 1. The Morgan fingerprint density at radius 1 is 1.50 bits per heavy atom. The Kier molecular flexibility index (Phi) is 4.72. The van der Waals surface area contributed by atoms with Gasteiger partial charge in [0, 0.05) is 18.7 Å². The SMILES string of the molecule is COc1ccccc1/C=N/NC(=O)c1cc(I)nn1C. The van der Waals surface area contributed by atoms with E-state index in [1.807, 2.05) is 46.9 Å². The molecule has 0 saturated carbocycles. The topological polar surface area (TPSA) is 68.5 Å². The molecule has 104 valence electrons. The zero-order valence-electron chi connectivity index (χ0n) is 11.0. The molecule has 0 atom stereocenters. The van der Waals surface area contributed by atoms with Gasteiger partial charge in [0.15, 0.2) is 0 Å². The van der Waals surface area contributed by atoms with E-state index in [2.05, 4.69) is 15.6 Å². The number of rotatable bonds is 4. The number of ether oxygens (including phenoxy) is 1. The second-order valence-electron chi connectivity index (χ2n) is 3.92. The quantitative estimate of drug-likeness (QED) is 0.497. The number of nitrogens with one attached hydrogen (secondary N) is 1. The van der Waals surface area contributed by atoms with E-state index in [0.717, 1.165) is 9.26 Å². The van der Waals surface area contributed by atoms with Crippen LogP contribution in [0.3, 0.4) is 0 Å². The Balaban J connectivity index is 2.06. The summed E-state index contributed by atoms with van der Waals surface area (Å²) in [5.41, 5.74) is 3.70. The normalized spacial score (nSPS) is 10.8. The number of methoxy groups -OCH3 is 1. The molecule has 0 spiro atoms. The number of benzene rings is 1. The van der Waals surface area contributed by atoms with Crippen LogP contribution in [0.15, 0.2) is 35.4 Å². The summed E-state index contributed by atoms with van der Waals surface area (Å²) in [7, 11) is 3.30. The fourth-order valence-corrected chi connectivity index (χ4v) is 2.25. The third-order valence-electron chi connectivity index (χ3n) is 2.59. The second-order valence-corrected chi connectivity index (χ2v) is 5.02. The molecule has 1 amide bonds. The van der Waals surface area contributed by atoms with Gasteiger partial charge in [-0.15, -0.1) is 0 Å². The molecule has 6 nitrogen and oxygen atoms in total. The van der Waals surface area contributed by atoms with E-state index in [-0.39, 0.29) is 5.91 Å². The number of aromatic nitrogens is 2. The smallest absolute Gasteiger partial charge is 0.289 e. The number of para-hydroxylation sites is 1. The average Bonchev–Trinajstić information content (AvgIpc) is 2.78. The number of hydrazone groups is 1. The molecule has 2 rings (SSSR count). The van der Waals surface area contributed by atoms with Crippen molar-refractivity contribution < 1.29 is 9.53 Å². The van der Waals surface area contributed by atoms with Gasteiger partial charge in [0.05, 0.1) is 13.3 Å². The first-order chi connectivity index (χ1) is 9.61. The summed E-state index contributed by atoms with van der Waals surface area (Å²) in [6, 6.07) is 9.10. The average molecular weight is 384 g/mol. The van der Waals surface area contributed by atoms with Gasteiger partial charge in [-0.3, -0.25) is 9.48 Å². The number of hydrogen-bond donors (Lipinski definition) is 1. The first kappa shape index (κ1) is 14.5. The maximum absolute atomic E-state index is 11.9. The fraction of sp³-hybridized carbons (Fsp3) is 0.154. The molecule has 0 fully saturated rings. The Bertz CT molecular complexity index is 652. The van der Waals surface area contributed by atoms with Crippen LogP contribution in [0.4, 0.5) is 0 Å². The van der Waals surface area contributed by atoms with Crippen molar-refractivity contribution in [3.8, 4) is 5.75 Å². The highest BCUT2D eigenvalue weighted by molar-refractivity contribution is 14.1. The minimum absolute atomic E-state index is 0.311. The lowest BCUT2D eigenvalue weighted by molar-refractivity contribution is 0.0945. The second kappa shape index (κ2) is 6.51. The standard InChI is InChI=1S/C13H13IN4O2/c1-18-10(7-12(14)17-18)13(19)16-15-8-9-5-3-4-6-11(9)20-2/h3-8H,1-2H3,(H,16,19)/b15-8+. The molecular formula is C13H13IN4O2. The van der Waals surface area contributed by atoms with E-state index in [9.17, 15) is 4.79 Å². The lowest BCUT2D eigenvalue weighted by Crippen LogP contribution is -2.20. The Morgan fingerprint density at radius 2 is 2.25 bits per heavy atom. The van der Waals surface area contributed by atoms with E-state index in [0.29, 0.717) is 11.4 Å². The van der Waals surface area contributed by atoms with Gasteiger partial charge in [-0.2, -0.15) is 10.2 Å². The number of carbonyl (C=O) groups excluding carboxylic acids is 1. The van der Waals surface area contributed by atoms with Gasteiger partial charge in [0.2, 0.25) is 0 Å². The van der Waals surface area contributed by atoms with E-state index >= 15 is 0 Å². The molecular weight excluding hydrogens is 371 g/mol. The van der Waals surface area contributed by atoms with E-state index in [1.54, 1.807) is 20.2 Å². The van der Waals surface area contributed by atoms with Crippen molar-refractivity contribution >= 4 is 34.7 Å². The van der Waals surface area contributed by atoms with E-state index < -0.39 is 0 Å². The van der Waals surface area contributed by atoms with Crippen LogP contribution in [-0.2, 0) is 7.05 Å². The van der Waals surface area contributed by atoms with Crippen molar-refractivity contribution in [2.24, 2.45) is 12.1 Å². The summed E-state index contributed by atoms with van der Waals surface area (Å²) in [5, 5.41) is 8.03. The van der Waals surface area contributed by atoms with Crippen LogP contribution >= 0.6 is 22.6 Å². The van der Waals surface area contributed by atoms with Crippen LogP contribution in [0, 0.1) is 3.70 Å². The van der Waals surface area contributed by atoms with Crippen molar-refractivity contribution in [2.75, 3.05) is 7.11 Å². The van der Waals surface area contributed by atoms with Gasteiger partial charge < -0.3 is 4.74 Å². The van der Waals surface area contributed by atoms with Crippen LogP contribution in [0.2, 0.25) is 0 Å². The first-order valence-corrected chi connectivity index (χ1v) is 6.85. The number of aryl methyl sites for hydroxylation is 1. The molecule has 0 unspecified atom stereocenters. The maximum Gasteiger partial charge on any atom is 0.289 e. The summed E-state index contributed by atoms with van der Waals surface area (Å²) in [4.78, 5) is 11.9. The third kappa shape index (κ3) is 3.35. The zero-order chi connectivity index (χ0) is 14.5. The molecule has 0 aliphatic heterocycles. The fourth-order valence-electron chi connectivity index (χ4n) is 1.64. The number of hydrogen-bond acceptors (Lipinski definition) is 4. The van der Waals surface area contributed by atoms with Gasteiger partial charge >= 0.3 is 0 Å². The molecule has 1 heterocycles. The monoisotopic (exact) mass is 384 g/mol. The summed E-state index contributed by atoms with van der Waals surface area (Å²) in [6.07, 6.45) is 1.54. The maximum atomic E-state index is 11.9. The molecule has 1 aromatic heterocycles. The summed E-state index contributed by atoms with van der Waals surface area (Å²) < 4.78 is 7.45. The molecule has 7 heteroatoms. The highest BCUT2D eigenvalue weighted by atomic mass is 127. The summed E-state index contributed by atoms with van der Waals surface area (Å²) in [5.74, 6) is 0.384.